The molecule has 3 saturated carbocycles. The maximum absolute atomic E-state index is 11.3. The Bertz CT molecular complexity index is 488. The van der Waals surface area contributed by atoms with E-state index in [0.29, 0.717) is 10.8 Å². The van der Waals surface area contributed by atoms with Crippen molar-refractivity contribution < 1.29 is 9.90 Å². The second kappa shape index (κ2) is 8.46. The lowest BCUT2D eigenvalue weighted by molar-refractivity contribution is -0.143. The molecule has 3 aliphatic carbocycles. The van der Waals surface area contributed by atoms with Crippen LogP contribution in [0.1, 0.15) is 111 Å². The number of carboxylic acids is 1. The average Bonchev–Trinajstić information content (AvgIpc) is 3.23. The first-order valence-corrected chi connectivity index (χ1v) is 12.0. The molecule has 27 heavy (non-hydrogen) atoms. The zero-order chi connectivity index (χ0) is 19.7. The second-order valence-electron chi connectivity index (χ2n) is 11.1. The molecule has 0 spiro atoms. The normalized spacial score (nSPS) is 35.7. The Morgan fingerprint density at radius 1 is 0.741 bits per heavy atom. The molecule has 1 N–H and O–H groups in total. The fourth-order valence-corrected chi connectivity index (χ4v) is 7.41. The molecule has 3 fully saturated rings. The van der Waals surface area contributed by atoms with E-state index < -0.39 is 5.97 Å². The molecule has 0 aromatic heterocycles. The van der Waals surface area contributed by atoms with E-state index >= 15 is 0 Å². The van der Waals surface area contributed by atoms with Crippen LogP contribution in [0, 0.1) is 40.4 Å². The molecule has 2 heteroatoms. The summed E-state index contributed by atoms with van der Waals surface area (Å²) in [5.74, 6) is 2.82. The Morgan fingerprint density at radius 2 is 1.15 bits per heavy atom. The molecule has 0 aliphatic heterocycles. The van der Waals surface area contributed by atoms with Gasteiger partial charge in [-0.05, 0) is 98.7 Å². The van der Waals surface area contributed by atoms with Crippen LogP contribution in [0.3, 0.4) is 0 Å². The van der Waals surface area contributed by atoms with Gasteiger partial charge >= 0.3 is 5.97 Å². The molecule has 2 nitrogen and oxygen atoms in total. The maximum atomic E-state index is 11.3. The van der Waals surface area contributed by atoms with Crippen LogP contribution in [0.25, 0.3) is 0 Å². The Morgan fingerprint density at radius 3 is 1.59 bits per heavy atom. The topological polar surface area (TPSA) is 37.3 Å². The van der Waals surface area contributed by atoms with E-state index in [1.54, 1.807) is 0 Å². The lowest BCUT2D eigenvalue weighted by Crippen LogP contribution is -2.42. The standard InChI is InChI=1S/C25H44O2/c1-5-25(4,21-12-10-18(11-13-21)23(26)27)22-16-14-20(15-17-22)24(2,3)19-8-6-7-9-19/h18-22H,5-17H2,1-4H3,(H,26,27). The fraction of sp³-hybridized carbons (Fsp3) is 0.960. The summed E-state index contributed by atoms with van der Waals surface area (Å²) in [6.45, 7) is 10.1. The third-order valence-corrected chi connectivity index (χ3v) is 9.89. The third kappa shape index (κ3) is 4.25. The molecular weight excluding hydrogens is 332 g/mol. The molecule has 3 aliphatic rings. The van der Waals surface area contributed by atoms with Crippen LogP contribution in [-0.4, -0.2) is 11.1 Å². The lowest BCUT2D eigenvalue weighted by Gasteiger charge is -2.50. The molecule has 0 radical (unpaired) electrons. The highest BCUT2D eigenvalue weighted by Gasteiger charge is 2.46. The molecule has 0 amide bonds. The van der Waals surface area contributed by atoms with Gasteiger partial charge in [0, 0.05) is 0 Å². The molecular formula is C25H44O2. The van der Waals surface area contributed by atoms with Crippen molar-refractivity contribution in [1.29, 1.82) is 0 Å². The van der Waals surface area contributed by atoms with Crippen LogP contribution in [0.15, 0.2) is 0 Å². The molecule has 0 aromatic rings. The molecule has 0 heterocycles. The van der Waals surface area contributed by atoms with E-state index in [1.807, 2.05) is 0 Å². The average molecular weight is 377 g/mol. The predicted molar refractivity (Wildman–Crippen MR) is 113 cm³/mol. The van der Waals surface area contributed by atoms with Gasteiger partial charge in [0.05, 0.1) is 5.92 Å². The number of hydrogen-bond acceptors (Lipinski definition) is 1. The van der Waals surface area contributed by atoms with Crippen molar-refractivity contribution >= 4 is 5.97 Å². The Balaban J connectivity index is 1.59. The summed E-state index contributed by atoms with van der Waals surface area (Å²) >= 11 is 0. The van der Waals surface area contributed by atoms with Crippen LogP contribution in [0.4, 0.5) is 0 Å². The van der Waals surface area contributed by atoms with Gasteiger partial charge in [0.2, 0.25) is 0 Å². The summed E-state index contributed by atoms with van der Waals surface area (Å²) in [5.41, 5.74) is 0.954. The van der Waals surface area contributed by atoms with Crippen LogP contribution < -0.4 is 0 Å². The molecule has 1 atom stereocenters. The first-order chi connectivity index (χ1) is 12.8. The number of rotatable bonds is 6. The van der Waals surface area contributed by atoms with E-state index in [-0.39, 0.29) is 5.92 Å². The van der Waals surface area contributed by atoms with Crippen LogP contribution in [0.2, 0.25) is 0 Å². The summed E-state index contributed by atoms with van der Waals surface area (Å²) < 4.78 is 0. The molecule has 1 unspecified atom stereocenters. The smallest absolute Gasteiger partial charge is 0.306 e. The predicted octanol–water partition coefficient (Wildman–Crippen LogP) is 7.32. The summed E-state index contributed by atoms with van der Waals surface area (Å²) in [4.78, 5) is 11.3. The van der Waals surface area contributed by atoms with Gasteiger partial charge < -0.3 is 5.11 Å². The van der Waals surface area contributed by atoms with Gasteiger partial charge in [-0.25, -0.2) is 0 Å². The highest BCUT2D eigenvalue weighted by Crippen LogP contribution is 2.55. The summed E-state index contributed by atoms with van der Waals surface area (Å²) in [6.07, 6.45) is 16.8. The van der Waals surface area contributed by atoms with Crippen molar-refractivity contribution in [1.82, 2.24) is 0 Å². The minimum Gasteiger partial charge on any atom is -0.481 e. The van der Waals surface area contributed by atoms with Gasteiger partial charge in [-0.15, -0.1) is 0 Å². The van der Waals surface area contributed by atoms with Crippen molar-refractivity contribution in [3.05, 3.63) is 0 Å². The minimum atomic E-state index is -0.568. The number of hydrogen-bond donors (Lipinski definition) is 1. The van der Waals surface area contributed by atoms with Crippen LogP contribution in [0.5, 0.6) is 0 Å². The zero-order valence-corrected chi connectivity index (χ0v) is 18.4. The Hall–Kier alpha value is -0.530. The van der Waals surface area contributed by atoms with Crippen LogP contribution in [-0.2, 0) is 4.79 Å². The fourth-order valence-electron chi connectivity index (χ4n) is 7.41. The van der Waals surface area contributed by atoms with Gasteiger partial charge in [-0.3, -0.25) is 4.79 Å². The zero-order valence-electron chi connectivity index (χ0n) is 18.4. The van der Waals surface area contributed by atoms with Crippen LogP contribution >= 0.6 is 0 Å². The van der Waals surface area contributed by atoms with Gasteiger partial charge in [0.25, 0.3) is 0 Å². The molecule has 0 aromatic carbocycles. The van der Waals surface area contributed by atoms with Crippen molar-refractivity contribution in [3.8, 4) is 0 Å². The Labute approximate surface area is 167 Å². The van der Waals surface area contributed by atoms with Gasteiger partial charge in [0.15, 0.2) is 0 Å². The summed E-state index contributed by atoms with van der Waals surface area (Å²) in [6, 6.07) is 0. The summed E-state index contributed by atoms with van der Waals surface area (Å²) in [5, 5.41) is 9.33. The Kier molecular flexibility index (Phi) is 6.63. The monoisotopic (exact) mass is 376 g/mol. The molecule has 156 valence electrons. The first kappa shape index (κ1) is 21.2. The highest BCUT2D eigenvalue weighted by molar-refractivity contribution is 5.70. The molecule has 0 saturated heterocycles. The minimum absolute atomic E-state index is 0.0784. The number of carboxylic acid groups (broad SMARTS) is 1. The van der Waals surface area contributed by atoms with E-state index in [4.69, 9.17) is 0 Å². The van der Waals surface area contributed by atoms with Gasteiger partial charge in [0.1, 0.15) is 0 Å². The lowest BCUT2D eigenvalue weighted by atomic mass is 9.54. The summed E-state index contributed by atoms with van der Waals surface area (Å²) in [7, 11) is 0. The number of aliphatic carboxylic acids is 1. The van der Waals surface area contributed by atoms with Gasteiger partial charge in [-0.2, -0.15) is 0 Å². The first-order valence-electron chi connectivity index (χ1n) is 12.0. The van der Waals surface area contributed by atoms with Crippen molar-refractivity contribution in [2.45, 2.75) is 111 Å². The number of carbonyl (C=O) groups is 1. The third-order valence-electron chi connectivity index (χ3n) is 9.89. The van der Waals surface area contributed by atoms with Crippen molar-refractivity contribution in [2.75, 3.05) is 0 Å². The SMILES string of the molecule is CCC(C)(C1CCC(C(=O)O)CC1)C1CCC(C(C)(C)C2CCCC2)CC1. The maximum Gasteiger partial charge on any atom is 0.306 e. The van der Waals surface area contributed by atoms with E-state index in [9.17, 15) is 9.90 Å². The van der Waals surface area contributed by atoms with Crippen molar-refractivity contribution in [2.24, 2.45) is 40.4 Å². The van der Waals surface area contributed by atoms with E-state index in [2.05, 4.69) is 27.7 Å². The second-order valence-corrected chi connectivity index (χ2v) is 11.1. The van der Waals surface area contributed by atoms with Gasteiger partial charge in [-0.1, -0.05) is 47.0 Å². The molecule has 0 bridgehead atoms. The quantitative estimate of drug-likeness (QED) is 0.527. The largest absolute Gasteiger partial charge is 0.481 e. The van der Waals surface area contributed by atoms with E-state index in [1.165, 1.54) is 57.8 Å². The van der Waals surface area contributed by atoms with E-state index in [0.717, 1.165) is 49.4 Å². The van der Waals surface area contributed by atoms with Crippen molar-refractivity contribution in [3.63, 3.8) is 0 Å². The molecule has 3 rings (SSSR count). The highest BCUT2D eigenvalue weighted by atomic mass is 16.4.